The minimum atomic E-state index is 0.437. The van der Waals surface area contributed by atoms with Crippen molar-refractivity contribution in [3.8, 4) is 0 Å². The van der Waals surface area contributed by atoms with E-state index in [1.54, 1.807) is 11.0 Å². The van der Waals surface area contributed by atoms with Crippen LogP contribution in [0, 0.1) is 0 Å². The molecule has 1 aromatic rings. The predicted molar refractivity (Wildman–Crippen MR) is 45.2 cm³/mol. The Morgan fingerprint density at radius 2 is 2.50 bits per heavy atom. The summed E-state index contributed by atoms with van der Waals surface area (Å²) in [6.45, 7) is 1.73. The van der Waals surface area contributed by atoms with E-state index in [1.165, 1.54) is 6.42 Å². The van der Waals surface area contributed by atoms with E-state index in [-0.39, 0.29) is 0 Å². The minimum Gasteiger partial charge on any atom is -0.328 e. The smallest absolute Gasteiger partial charge is 0.0715 e. The minimum absolute atomic E-state index is 0.437. The summed E-state index contributed by atoms with van der Waals surface area (Å²) >= 11 is 0. The van der Waals surface area contributed by atoms with Crippen LogP contribution < -0.4 is 10.7 Å². The summed E-state index contributed by atoms with van der Waals surface area (Å²) < 4.78 is 0. The van der Waals surface area contributed by atoms with Crippen LogP contribution in [-0.4, -0.2) is 34.2 Å². The van der Waals surface area contributed by atoms with E-state index < -0.39 is 0 Å². The van der Waals surface area contributed by atoms with Gasteiger partial charge in [0, 0.05) is 13.1 Å². The topological polar surface area (TPSA) is 60.0 Å². The Bertz CT molecular complexity index is 232. The van der Waals surface area contributed by atoms with Gasteiger partial charge in [-0.1, -0.05) is 0 Å². The Morgan fingerprint density at radius 1 is 1.58 bits per heavy atom. The van der Waals surface area contributed by atoms with Gasteiger partial charge in [0.05, 0.1) is 18.4 Å². The predicted octanol–water partition coefficient (Wildman–Crippen LogP) is -0.663. The van der Waals surface area contributed by atoms with Gasteiger partial charge in [-0.05, 0) is 18.1 Å². The molecule has 1 atom stereocenters. The first-order valence-corrected chi connectivity index (χ1v) is 4.25. The highest BCUT2D eigenvalue weighted by atomic mass is 15.7. The molecule has 1 aliphatic heterocycles. The third kappa shape index (κ3) is 1.16. The number of hydrogen-bond donors (Lipinski definition) is 1. The van der Waals surface area contributed by atoms with Gasteiger partial charge in [0.15, 0.2) is 0 Å². The highest BCUT2D eigenvalue weighted by Crippen LogP contribution is 2.13. The van der Waals surface area contributed by atoms with Crippen molar-refractivity contribution < 1.29 is 0 Å². The van der Waals surface area contributed by atoms with Gasteiger partial charge in [0.1, 0.15) is 0 Å². The molecule has 12 heavy (non-hydrogen) atoms. The molecule has 0 spiro atoms. The van der Waals surface area contributed by atoms with Gasteiger partial charge in [0.2, 0.25) is 0 Å². The molecular weight excluding hydrogens is 154 g/mol. The van der Waals surface area contributed by atoms with Gasteiger partial charge in [-0.25, -0.2) is 0 Å². The van der Waals surface area contributed by atoms with Crippen LogP contribution in [0.2, 0.25) is 0 Å². The summed E-state index contributed by atoms with van der Waals surface area (Å²) in [4.78, 5) is 1.78. The molecule has 5 nitrogen and oxygen atoms in total. The average molecular weight is 167 g/mol. The first kappa shape index (κ1) is 7.54. The normalized spacial score (nSPS) is 23.4. The quantitative estimate of drug-likeness (QED) is 0.635. The van der Waals surface area contributed by atoms with Crippen molar-refractivity contribution >= 4 is 0 Å². The Balaban J connectivity index is 2.13. The zero-order valence-corrected chi connectivity index (χ0v) is 6.93. The van der Waals surface area contributed by atoms with Crippen molar-refractivity contribution in [2.75, 3.05) is 18.1 Å². The van der Waals surface area contributed by atoms with Crippen molar-refractivity contribution in [3.05, 3.63) is 12.4 Å². The van der Waals surface area contributed by atoms with Crippen molar-refractivity contribution in [1.82, 2.24) is 15.1 Å². The van der Waals surface area contributed by atoms with Crippen molar-refractivity contribution in [2.24, 2.45) is 5.73 Å². The second-order valence-electron chi connectivity index (χ2n) is 3.02. The van der Waals surface area contributed by atoms with Crippen LogP contribution in [0.15, 0.2) is 12.4 Å². The van der Waals surface area contributed by atoms with Crippen LogP contribution in [0.5, 0.6) is 0 Å². The van der Waals surface area contributed by atoms with Gasteiger partial charge in [-0.2, -0.15) is 4.79 Å². The number of rotatable bonds is 2. The molecule has 0 amide bonds. The van der Waals surface area contributed by atoms with E-state index in [9.17, 15) is 0 Å². The summed E-state index contributed by atoms with van der Waals surface area (Å²) in [6, 6.07) is 0.437. The number of nitrogens with zero attached hydrogens (tertiary/aromatic N) is 4. The van der Waals surface area contributed by atoms with Crippen LogP contribution in [0.4, 0.5) is 0 Å². The molecule has 0 radical (unpaired) electrons. The van der Waals surface area contributed by atoms with Crippen molar-refractivity contribution in [1.29, 1.82) is 0 Å². The number of aromatic nitrogens is 3. The first-order chi connectivity index (χ1) is 5.92. The van der Waals surface area contributed by atoms with Crippen LogP contribution in [-0.2, 0) is 0 Å². The molecule has 0 aliphatic carbocycles. The molecule has 0 saturated carbocycles. The lowest BCUT2D eigenvalue weighted by Gasteiger charge is -2.23. The fourth-order valence-corrected chi connectivity index (χ4v) is 1.67. The van der Waals surface area contributed by atoms with E-state index >= 15 is 0 Å². The second kappa shape index (κ2) is 3.10. The standard InChI is InChI=1S/C7H13N5/c8-6-7-2-1-4-11(7)12-5-3-9-10-12/h3,5,7H,1-2,4,6,8H2. The third-order valence-corrected chi connectivity index (χ3v) is 2.29. The molecule has 1 aliphatic rings. The maximum atomic E-state index is 5.63. The highest BCUT2D eigenvalue weighted by Gasteiger charge is 2.23. The lowest BCUT2D eigenvalue weighted by atomic mass is 10.2. The van der Waals surface area contributed by atoms with Crippen molar-refractivity contribution in [2.45, 2.75) is 18.9 Å². The second-order valence-corrected chi connectivity index (χ2v) is 3.02. The average Bonchev–Trinajstić information content (AvgIpc) is 2.74. The lowest BCUT2D eigenvalue weighted by Crippen LogP contribution is -2.43. The van der Waals surface area contributed by atoms with Crippen LogP contribution >= 0.6 is 0 Å². The molecule has 2 heterocycles. The van der Waals surface area contributed by atoms with Crippen molar-refractivity contribution in [3.63, 3.8) is 0 Å². The molecule has 5 heteroatoms. The fourth-order valence-electron chi connectivity index (χ4n) is 1.67. The van der Waals surface area contributed by atoms with E-state index in [1.807, 2.05) is 6.20 Å². The van der Waals surface area contributed by atoms with E-state index in [0.717, 1.165) is 13.0 Å². The molecular formula is C7H13N5. The zero-order chi connectivity index (χ0) is 8.39. The Hall–Kier alpha value is -1.10. The van der Waals surface area contributed by atoms with Gasteiger partial charge in [-0.15, -0.1) is 5.10 Å². The van der Waals surface area contributed by atoms with Gasteiger partial charge in [-0.3, -0.25) is 5.01 Å². The summed E-state index contributed by atoms with van der Waals surface area (Å²) in [5.41, 5.74) is 5.63. The van der Waals surface area contributed by atoms with Crippen LogP contribution in [0.3, 0.4) is 0 Å². The van der Waals surface area contributed by atoms with Gasteiger partial charge in [0.25, 0.3) is 0 Å². The number of nitrogens with two attached hydrogens (primary N) is 1. The molecule has 66 valence electrons. The van der Waals surface area contributed by atoms with Gasteiger partial charge < -0.3 is 5.73 Å². The van der Waals surface area contributed by atoms with E-state index in [2.05, 4.69) is 15.3 Å². The summed E-state index contributed by atoms with van der Waals surface area (Å²) in [6.07, 6.45) is 5.90. The van der Waals surface area contributed by atoms with E-state index in [4.69, 9.17) is 5.73 Å². The molecule has 2 rings (SSSR count). The maximum absolute atomic E-state index is 5.63. The monoisotopic (exact) mass is 167 g/mol. The number of hydrogen-bond acceptors (Lipinski definition) is 4. The van der Waals surface area contributed by atoms with Crippen LogP contribution in [0.1, 0.15) is 12.8 Å². The van der Waals surface area contributed by atoms with E-state index in [0.29, 0.717) is 12.6 Å². The summed E-state index contributed by atoms with van der Waals surface area (Å²) in [7, 11) is 0. The first-order valence-electron chi connectivity index (χ1n) is 4.25. The summed E-state index contributed by atoms with van der Waals surface area (Å²) in [5, 5.41) is 9.86. The Kier molecular flexibility index (Phi) is 1.95. The molecule has 2 N–H and O–H groups in total. The zero-order valence-electron chi connectivity index (χ0n) is 6.93. The third-order valence-electron chi connectivity index (χ3n) is 2.29. The molecule has 1 fully saturated rings. The maximum Gasteiger partial charge on any atom is 0.0715 e. The molecule has 0 bridgehead atoms. The Morgan fingerprint density at radius 3 is 3.17 bits per heavy atom. The fraction of sp³-hybridized carbons (Fsp3) is 0.714. The molecule has 1 saturated heterocycles. The Labute approximate surface area is 71.1 Å². The molecule has 0 aromatic carbocycles. The largest absolute Gasteiger partial charge is 0.328 e. The SMILES string of the molecule is NCC1CCCN1n1ccnn1. The molecule has 1 unspecified atom stereocenters. The molecule has 1 aromatic heterocycles. The lowest BCUT2D eigenvalue weighted by molar-refractivity contribution is 0.490. The van der Waals surface area contributed by atoms with Crippen LogP contribution in [0.25, 0.3) is 0 Å². The van der Waals surface area contributed by atoms with Gasteiger partial charge >= 0.3 is 0 Å². The highest BCUT2D eigenvalue weighted by molar-refractivity contribution is 4.98. The summed E-state index contributed by atoms with van der Waals surface area (Å²) in [5.74, 6) is 0.